The Bertz CT molecular complexity index is 782. The van der Waals surface area contributed by atoms with Crippen molar-refractivity contribution < 1.29 is 19.5 Å². The van der Waals surface area contributed by atoms with E-state index in [-0.39, 0.29) is 23.3 Å². The van der Waals surface area contributed by atoms with Gasteiger partial charge in [0.2, 0.25) is 5.91 Å². The van der Waals surface area contributed by atoms with Gasteiger partial charge in [-0.2, -0.15) is 0 Å². The number of benzene rings is 2. The van der Waals surface area contributed by atoms with Gasteiger partial charge in [-0.3, -0.25) is 9.59 Å². The summed E-state index contributed by atoms with van der Waals surface area (Å²) < 4.78 is 0. The Labute approximate surface area is 145 Å². The number of anilines is 2. The number of nitrogens with one attached hydrogen (secondary N) is 2. The van der Waals surface area contributed by atoms with Gasteiger partial charge in [-0.15, -0.1) is 0 Å². The molecule has 0 aliphatic rings. The van der Waals surface area contributed by atoms with Crippen LogP contribution in [-0.4, -0.2) is 22.9 Å². The van der Waals surface area contributed by atoms with Crippen molar-refractivity contribution in [1.29, 1.82) is 0 Å². The van der Waals surface area contributed by atoms with Crippen LogP contribution >= 0.6 is 0 Å². The number of amides is 2. The molecule has 0 radical (unpaired) electrons. The van der Waals surface area contributed by atoms with Crippen molar-refractivity contribution >= 4 is 29.2 Å². The van der Waals surface area contributed by atoms with Crippen LogP contribution in [0.2, 0.25) is 0 Å². The minimum absolute atomic E-state index is 0.138. The minimum Gasteiger partial charge on any atom is -0.478 e. The Hall–Kier alpha value is -3.15. The van der Waals surface area contributed by atoms with E-state index in [1.54, 1.807) is 24.3 Å². The van der Waals surface area contributed by atoms with E-state index >= 15 is 0 Å². The number of carbonyl (C=O) groups is 3. The van der Waals surface area contributed by atoms with E-state index in [4.69, 9.17) is 5.11 Å². The van der Waals surface area contributed by atoms with E-state index in [1.165, 1.54) is 24.3 Å². The van der Waals surface area contributed by atoms with Gasteiger partial charge in [-0.1, -0.05) is 26.0 Å². The largest absolute Gasteiger partial charge is 0.478 e. The maximum atomic E-state index is 12.5. The fraction of sp³-hybridized carbons (Fsp3) is 0.211. The minimum atomic E-state index is -1.03. The molecule has 0 bridgehead atoms. The van der Waals surface area contributed by atoms with E-state index in [0.717, 1.165) is 0 Å². The molecular formula is C19H20N2O4. The first-order valence-electron chi connectivity index (χ1n) is 7.90. The van der Waals surface area contributed by atoms with Crippen LogP contribution in [0.4, 0.5) is 11.4 Å². The first-order valence-corrected chi connectivity index (χ1v) is 7.90. The van der Waals surface area contributed by atoms with Gasteiger partial charge < -0.3 is 15.7 Å². The lowest BCUT2D eigenvalue weighted by atomic mass is 10.1. The number of carboxylic acids is 1. The van der Waals surface area contributed by atoms with Crippen molar-refractivity contribution in [2.45, 2.75) is 20.3 Å². The monoisotopic (exact) mass is 340 g/mol. The summed E-state index contributed by atoms with van der Waals surface area (Å²) in [5, 5.41) is 14.3. The van der Waals surface area contributed by atoms with Gasteiger partial charge >= 0.3 is 5.97 Å². The molecule has 0 aliphatic heterocycles. The molecule has 0 heterocycles. The summed E-state index contributed by atoms with van der Waals surface area (Å²) in [6, 6.07) is 12.6. The third-order valence-electron chi connectivity index (χ3n) is 3.43. The molecular weight excluding hydrogens is 320 g/mol. The fourth-order valence-electron chi connectivity index (χ4n) is 2.26. The lowest BCUT2D eigenvalue weighted by molar-refractivity contribution is -0.116. The summed E-state index contributed by atoms with van der Waals surface area (Å²) in [5.74, 6) is -1.35. The van der Waals surface area contributed by atoms with Gasteiger partial charge in [0.1, 0.15) is 0 Å². The number of hydrogen-bond donors (Lipinski definition) is 3. The standard InChI is InChI=1S/C19H20N2O4/c1-12(2)11-17(22)21-16-6-4-3-5-15(16)18(23)20-14-9-7-13(8-10-14)19(24)25/h3-10,12H,11H2,1-2H3,(H,20,23)(H,21,22)(H,24,25). The molecule has 6 nitrogen and oxygen atoms in total. The summed E-state index contributed by atoms with van der Waals surface area (Å²) >= 11 is 0. The molecule has 0 atom stereocenters. The molecule has 0 saturated heterocycles. The predicted octanol–water partition coefficient (Wildman–Crippen LogP) is 3.62. The summed E-state index contributed by atoms with van der Waals surface area (Å²) in [6.07, 6.45) is 0.368. The lowest BCUT2D eigenvalue weighted by Crippen LogP contribution is -2.19. The van der Waals surface area contributed by atoms with Gasteiger partial charge in [0.25, 0.3) is 5.91 Å². The van der Waals surface area contributed by atoms with Crippen LogP contribution in [0.1, 0.15) is 41.0 Å². The van der Waals surface area contributed by atoms with Gasteiger partial charge in [0.15, 0.2) is 0 Å². The SMILES string of the molecule is CC(C)CC(=O)Nc1ccccc1C(=O)Nc1ccc(C(=O)O)cc1. The Morgan fingerprint density at radius 2 is 1.60 bits per heavy atom. The lowest BCUT2D eigenvalue weighted by Gasteiger charge is -2.12. The number of aromatic carboxylic acids is 1. The van der Waals surface area contributed by atoms with E-state index in [9.17, 15) is 14.4 Å². The maximum Gasteiger partial charge on any atom is 0.335 e. The third-order valence-corrected chi connectivity index (χ3v) is 3.43. The molecule has 130 valence electrons. The summed E-state index contributed by atoms with van der Waals surface area (Å²) in [6.45, 7) is 3.89. The number of carbonyl (C=O) groups excluding carboxylic acids is 2. The van der Waals surface area contributed by atoms with Crippen molar-refractivity contribution in [3.63, 3.8) is 0 Å². The predicted molar refractivity (Wildman–Crippen MR) is 95.9 cm³/mol. The number of carboxylic acid groups (broad SMARTS) is 1. The van der Waals surface area contributed by atoms with Crippen LogP contribution in [0.3, 0.4) is 0 Å². The highest BCUT2D eigenvalue weighted by Crippen LogP contribution is 2.18. The average Bonchev–Trinajstić information content (AvgIpc) is 2.55. The van der Waals surface area contributed by atoms with E-state index in [1.807, 2.05) is 13.8 Å². The topological polar surface area (TPSA) is 95.5 Å². The van der Waals surface area contributed by atoms with Crippen molar-refractivity contribution in [1.82, 2.24) is 0 Å². The molecule has 2 aromatic carbocycles. The smallest absolute Gasteiger partial charge is 0.335 e. The second kappa shape index (κ2) is 8.10. The molecule has 0 unspecified atom stereocenters. The maximum absolute atomic E-state index is 12.5. The zero-order valence-corrected chi connectivity index (χ0v) is 14.1. The van der Waals surface area contributed by atoms with Crippen molar-refractivity contribution in [2.75, 3.05) is 10.6 Å². The zero-order chi connectivity index (χ0) is 18.4. The second-order valence-electron chi connectivity index (χ2n) is 6.03. The summed E-state index contributed by atoms with van der Waals surface area (Å²) in [7, 11) is 0. The first kappa shape index (κ1) is 18.2. The van der Waals surface area contributed by atoms with Crippen LogP contribution < -0.4 is 10.6 Å². The molecule has 2 aromatic rings. The molecule has 3 N–H and O–H groups in total. The van der Waals surface area contributed by atoms with Crippen LogP contribution in [0, 0.1) is 5.92 Å². The van der Waals surface area contributed by atoms with Gasteiger partial charge in [-0.05, 0) is 42.3 Å². The van der Waals surface area contributed by atoms with Crippen LogP contribution in [0.5, 0.6) is 0 Å². The fourth-order valence-corrected chi connectivity index (χ4v) is 2.26. The average molecular weight is 340 g/mol. The highest BCUT2D eigenvalue weighted by molar-refractivity contribution is 6.10. The van der Waals surface area contributed by atoms with Crippen molar-refractivity contribution in [3.05, 3.63) is 59.7 Å². The second-order valence-corrected chi connectivity index (χ2v) is 6.03. The number of rotatable bonds is 6. The Kier molecular flexibility index (Phi) is 5.89. The molecule has 0 aromatic heterocycles. The molecule has 0 saturated carbocycles. The van der Waals surface area contributed by atoms with Gasteiger partial charge in [0.05, 0.1) is 16.8 Å². The molecule has 6 heteroatoms. The summed E-state index contributed by atoms with van der Waals surface area (Å²) in [5.41, 5.74) is 1.38. The molecule has 2 amide bonds. The molecule has 0 spiro atoms. The van der Waals surface area contributed by atoms with Crippen LogP contribution in [0.25, 0.3) is 0 Å². The highest BCUT2D eigenvalue weighted by Gasteiger charge is 2.14. The van der Waals surface area contributed by atoms with Gasteiger partial charge in [-0.25, -0.2) is 4.79 Å². The normalized spacial score (nSPS) is 10.4. The van der Waals surface area contributed by atoms with E-state index in [2.05, 4.69) is 10.6 Å². The molecule has 0 aliphatic carbocycles. The Balaban J connectivity index is 2.13. The Morgan fingerprint density at radius 1 is 0.960 bits per heavy atom. The van der Waals surface area contributed by atoms with Crippen molar-refractivity contribution in [2.24, 2.45) is 5.92 Å². The van der Waals surface area contributed by atoms with E-state index < -0.39 is 5.97 Å². The number of para-hydroxylation sites is 1. The van der Waals surface area contributed by atoms with Crippen molar-refractivity contribution in [3.8, 4) is 0 Å². The van der Waals surface area contributed by atoms with Crippen LogP contribution in [0.15, 0.2) is 48.5 Å². The first-order chi connectivity index (χ1) is 11.9. The Morgan fingerprint density at radius 3 is 2.20 bits per heavy atom. The summed E-state index contributed by atoms with van der Waals surface area (Å²) in [4.78, 5) is 35.3. The zero-order valence-electron chi connectivity index (χ0n) is 14.1. The number of hydrogen-bond acceptors (Lipinski definition) is 3. The van der Waals surface area contributed by atoms with Crippen LogP contribution in [-0.2, 0) is 4.79 Å². The van der Waals surface area contributed by atoms with E-state index in [0.29, 0.717) is 23.4 Å². The third kappa shape index (κ3) is 5.17. The molecule has 0 fully saturated rings. The van der Waals surface area contributed by atoms with Gasteiger partial charge in [0, 0.05) is 12.1 Å². The molecule has 2 rings (SSSR count). The molecule has 25 heavy (non-hydrogen) atoms. The highest BCUT2D eigenvalue weighted by atomic mass is 16.4. The quantitative estimate of drug-likeness (QED) is 0.748.